The number of amides is 1. The van der Waals surface area contributed by atoms with E-state index in [1.807, 2.05) is 30.0 Å². The SMILES string of the molecule is COc1ccc(C)cc1CC(=O)N1CCCCCC1c1ncon1. The van der Waals surface area contributed by atoms with Crippen LogP contribution in [0.3, 0.4) is 0 Å². The van der Waals surface area contributed by atoms with Gasteiger partial charge in [-0.1, -0.05) is 35.7 Å². The van der Waals surface area contributed by atoms with Crippen LogP contribution in [0.25, 0.3) is 0 Å². The fourth-order valence-electron chi connectivity index (χ4n) is 3.31. The molecule has 1 aliphatic heterocycles. The molecule has 2 aromatic rings. The third-order valence-corrected chi connectivity index (χ3v) is 4.53. The molecule has 0 N–H and O–H groups in total. The average molecular weight is 329 g/mol. The quantitative estimate of drug-likeness (QED) is 0.862. The fourth-order valence-corrected chi connectivity index (χ4v) is 3.31. The molecule has 3 rings (SSSR count). The van der Waals surface area contributed by atoms with Crippen LogP contribution in [0.5, 0.6) is 5.75 Å². The molecule has 0 aliphatic carbocycles. The van der Waals surface area contributed by atoms with Gasteiger partial charge in [0.2, 0.25) is 12.3 Å². The predicted molar refractivity (Wildman–Crippen MR) is 88.7 cm³/mol. The molecule has 1 atom stereocenters. The molecule has 1 aromatic heterocycles. The molecule has 1 aromatic carbocycles. The van der Waals surface area contributed by atoms with Gasteiger partial charge in [-0.2, -0.15) is 4.98 Å². The Morgan fingerprint density at radius 1 is 1.38 bits per heavy atom. The van der Waals surface area contributed by atoms with Gasteiger partial charge in [-0.25, -0.2) is 0 Å². The Hall–Kier alpha value is -2.37. The van der Waals surface area contributed by atoms with E-state index in [-0.39, 0.29) is 11.9 Å². The van der Waals surface area contributed by atoms with E-state index in [4.69, 9.17) is 9.26 Å². The molecule has 2 heterocycles. The Morgan fingerprint density at radius 3 is 3.00 bits per heavy atom. The van der Waals surface area contributed by atoms with Crippen molar-refractivity contribution in [3.05, 3.63) is 41.5 Å². The number of hydrogen-bond donors (Lipinski definition) is 0. The second kappa shape index (κ2) is 7.47. The highest BCUT2D eigenvalue weighted by Gasteiger charge is 2.30. The van der Waals surface area contributed by atoms with Gasteiger partial charge in [0.25, 0.3) is 0 Å². The van der Waals surface area contributed by atoms with Crippen LogP contribution in [-0.2, 0) is 11.2 Å². The first kappa shape index (κ1) is 16.5. The summed E-state index contributed by atoms with van der Waals surface area (Å²) in [6.07, 6.45) is 5.70. The van der Waals surface area contributed by atoms with Crippen LogP contribution in [0.2, 0.25) is 0 Å². The lowest BCUT2D eigenvalue weighted by molar-refractivity contribution is -0.133. The third-order valence-electron chi connectivity index (χ3n) is 4.53. The number of carbonyl (C=O) groups excluding carboxylic acids is 1. The molecular weight excluding hydrogens is 306 g/mol. The number of rotatable bonds is 4. The van der Waals surface area contributed by atoms with E-state index in [1.165, 1.54) is 6.39 Å². The second-order valence-electron chi connectivity index (χ2n) is 6.23. The summed E-state index contributed by atoms with van der Waals surface area (Å²) >= 11 is 0. The smallest absolute Gasteiger partial charge is 0.227 e. The monoisotopic (exact) mass is 329 g/mol. The Labute approximate surface area is 141 Å². The highest BCUT2D eigenvalue weighted by molar-refractivity contribution is 5.80. The van der Waals surface area contributed by atoms with Gasteiger partial charge in [0, 0.05) is 12.1 Å². The molecule has 6 heteroatoms. The summed E-state index contributed by atoms with van der Waals surface area (Å²) in [4.78, 5) is 19.1. The topological polar surface area (TPSA) is 68.5 Å². The minimum Gasteiger partial charge on any atom is -0.496 e. The molecule has 1 unspecified atom stereocenters. The summed E-state index contributed by atoms with van der Waals surface area (Å²) in [5, 5.41) is 3.96. The van der Waals surface area contributed by atoms with Gasteiger partial charge in [0.05, 0.1) is 19.6 Å². The minimum absolute atomic E-state index is 0.0793. The molecule has 6 nitrogen and oxygen atoms in total. The molecule has 1 saturated heterocycles. The van der Waals surface area contributed by atoms with Gasteiger partial charge >= 0.3 is 0 Å². The average Bonchev–Trinajstić information content (AvgIpc) is 2.99. The maximum Gasteiger partial charge on any atom is 0.227 e. The summed E-state index contributed by atoms with van der Waals surface area (Å²) in [6.45, 7) is 2.74. The molecule has 0 saturated carbocycles. The lowest BCUT2D eigenvalue weighted by Crippen LogP contribution is -2.36. The number of methoxy groups -OCH3 is 1. The summed E-state index contributed by atoms with van der Waals surface area (Å²) in [6, 6.07) is 5.81. The molecular formula is C18H23N3O3. The summed E-state index contributed by atoms with van der Waals surface area (Å²) < 4.78 is 10.3. The van der Waals surface area contributed by atoms with Crippen molar-refractivity contribution in [3.63, 3.8) is 0 Å². The first-order valence-electron chi connectivity index (χ1n) is 8.38. The second-order valence-corrected chi connectivity index (χ2v) is 6.23. The predicted octanol–water partition coefficient (Wildman–Crippen LogP) is 3.07. The van der Waals surface area contributed by atoms with Crippen LogP contribution < -0.4 is 4.74 Å². The van der Waals surface area contributed by atoms with Crippen LogP contribution in [0.1, 0.15) is 48.7 Å². The Balaban J connectivity index is 1.82. The maximum atomic E-state index is 13.0. The van der Waals surface area contributed by atoms with Crippen molar-refractivity contribution in [2.75, 3.05) is 13.7 Å². The number of benzene rings is 1. The van der Waals surface area contributed by atoms with Gasteiger partial charge in [0.1, 0.15) is 5.75 Å². The molecule has 0 radical (unpaired) electrons. The number of aromatic nitrogens is 2. The highest BCUT2D eigenvalue weighted by Crippen LogP contribution is 2.29. The number of aryl methyl sites for hydroxylation is 1. The van der Waals surface area contributed by atoms with Gasteiger partial charge in [-0.15, -0.1) is 0 Å². The number of likely N-dealkylation sites (tertiary alicyclic amines) is 1. The molecule has 1 aliphatic rings. The van der Waals surface area contributed by atoms with E-state index in [0.717, 1.165) is 49.1 Å². The molecule has 1 amide bonds. The number of nitrogens with zero attached hydrogens (tertiary/aromatic N) is 3. The lowest BCUT2D eigenvalue weighted by Gasteiger charge is -2.28. The number of carbonyl (C=O) groups is 1. The standard InChI is InChI=1S/C18H23N3O3/c1-13-7-8-16(23-2)14(10-13)11-17(22)21-9-5-3-4-6-15(21)18-19-12-24-20-18/h7-8,10,12,15H,3-6,9,11H2,1-2H3. The summed E-state index contributed by atoms with van der Waals surface area (Å²) in [7, 11) is 1.63. The molecule has 128 valence electrons. The summed E-state index contributed by atoms with van der Waals surface area (Å²) in [5.41, 5.74) is 2.03. The molecule has 0 bridgehead atoms. The summed E-state index contributed by atoms with van der Waals surface area (Å²) in [5.74, 6) is 1.43. The lowest BCUT2D eigenvalue weighted by atomic mass is 10.0. The first-order chi connectivity index (χ1) is 11.7. The van der Waals surface area contributed by atoms with Gasteiger partial charge in [0.15, 0.2) is 5.82 Å². The van der Waals surface area contributed by atoms with Crippen LogP contribution in [0.4, 0.5) is 0 Å². The Morgan fingerprint density at radius 2 is 2.25 bits per heavy atom. The van der Waals surface area contributed by atoms with Crippen molar-refractivity contribution in [3.8, 4) is 5.75 Å². The van der Waals surface area contributed by atoms with Crippen LogP contribution in [0.15, 0.2) is 29.1 Å². The van der Waals surface area contributed by atoms with E-state index in [0.29, 0.717) is 12.2 Å². The zero-order valence-electron chi connectivity index (χ0n) is 14.2. The van der Waals surface area contributed by atoms with E-state index in [2.05, 4.69) is 10.1 Å². The fraction of sp³-hybridized carbons (Fsp3) is 0.500. The van der Waals surface area contributed by atoms with Crippen molar-refractivity contribution in [1.29, 1.82) is 0 Å². The van der Waals surface area contributed by atoms with Crippen molar-refractivity contribution in [1.82, 2.24) is 15.0 Å². The van der Waals surface area contributed by atoms with Crippen LogP contribution >= 0.6 is 0 Å². The largest absolute Gasteiger partial charge is 0.496 e. The Kier molecular flexibility index (Phi) is 5.13. The van der Waals surface area contributed by atoms with Crippen LogP contribution in [0, 0.1) is 6.92 Å². The first-order valence-corrected chi connectivity index (χ1v) is 8.38. The van der Waals surface area contributed by atoms with E-state index < -0.39 is 0 Å². The minimum atomic E-state index is -0.102. The molecule has 0 spiro atoms. The number of hydrogen-bond acceptors (Lipinski definition) is 5. The zero-order valence-corrected chi connectivity index (χ0v) is 14.2. The molecule has 1 fully saturated rings. The highest BCUT2D eigenvalue weighted by atomic mass is 16.5. The van der Waals surface area contributed by atoms with Gasteiger partial charge in [-0.3, -0.25) is 4.79 Å². The van der Waals surface area contributed by atoms with Gasteiger partial charge < -0.3 is 14.2 Å². The van der Waals surface area contributed by atoms with Crippen LogP contribution in [-0.4, -0.2) is 34.6 Å². The molecule has 24 heavy (non-hydrogen) atoms. The Bertz CT molecular complexity index is 685. The third kappa shape index (κ3) is 3.58. The van der Waals surface area contributed by atoms with Crippen molar-refractivity contribution >= 4 is 5.91 Å². The zero-order chi connectivity index (χ0) is 16.9. The van der Waals surface area contributed by atoms with E-state index >= 15 is 0 Å². The number of ether oxygens (including phenoxy) is 1. The normalized spacial score (nSPS) is 18.2. The van der Waals surface area contributed by atoms with Gasteiger partial charge in [-0.05, 0) is 25.8 Å². The maximum absolute atomic E-state index is 13.0. The van der Waals surface area contributed by atoms with E-state index in [1.54, 1.807) is 7.11 Å². The van der Waals surface area contributed by atoms with Crippen molar-refractivity contribution < 1.29 is 14.1 Å². The van der Waals surface area contributed by atoms with Crippen molar-refractivity contribution in [2.45, 2.75) is 45.1 Å². The van der Waals surface area contributed by atoms with E-state index in [9.17, 15) is 4.79 Å². The van der Waals surface area contributed by atoms with Crippen molar-refractivity contribution in [2.24, 2.45) is 0 Å².